The zero-order valence-electron chi connectivity index (χ0n) is 18.2. The van der Waals surface area contributed by atoms with E-state index in [9.17, 15) is 4.79 Å². The van der Waals surface area contributed by atoms with E-state index >= 15 is 0 Å². The Balaban J connectivity index is 1.79. The summed E-state index contributed by atoms with van der Waals surface area (Å²) < 4.78 is 7.94. The van der Waals surface area contributed by atoms with Gasteiger partial charge in [0.1, 0.15) is 4.83 Å². The van der Waals surface area contributed by atoms with Crippen LogP contribution >= 0.6 is 23.1 Å². The molecule has 4 nitrogen and oxygen atoms in total. The van der Waals surface area contributed by atoms with E-state index in [1.807, 2.05) is 22.8 Å². The summed E-state index contributed by atoms with van der Waals surface area (Å²) in [6, 6.07) is 10.2. The van der Waals surface area contributed by atoms with Gasteiger partial charge in [-0.3, -0.25) is 9.36 Å². The van der Waals surface area contributed by atoms with E-state index in [-0.39, 0.29) is 11.7 Å². The molecule has 30 heavy (non-hydrogen) atoms. The SMILES string of the molecule is CC(C)CCSc1nc2sc3c(c2c(=O)n1Cc1ccccc1)CC(C(C)C)OC3. The predicted molar refractivity (Wildman–Crippen MR) is 127 cm³/mol. The van der Waals surface area contributed by atoms with E-state index < -0.39 is 0 Å². The topological polar surface area (TPSA) is 44.1 Å². The van der Waals surface area contributed by atoms with E-state index in [0.717, 1.165) is 45.1 Å². The number of benzene rings is 1. The highest BCUT2D eigenvalue weighted by Crippen LogP contribution is 2.36. The first kappa shape index (κ1) is 21.6. The summed E-state index contributed by atoms with van der Waals surface area (Å²) in [4.78, 5) is 20.8. The zero-order chi connectivity index (χ0) is 21.3. The molecule has 4 rings (SSSR count). The minimum absolute atomic E-state index is 0.0952. The Kier molecular flexibility index (Phi) is 6.66. The summed E-state index contributed by atoms with van der Waals surface area (Å²) in [6.45, 7) is 9.97. The summed E-state index contributed by atoms with van der Waals surface area (Å²) in [7, 11) is 0. The van der Waals surface area contributed by atoms with Crippen LogP contribution in [0, 0.1) is 11.8 Å². The Hall–Kier alpha value is -1.63. The molecule has 0 fully saturated rings. The van der Waals surface area contributed by atoms with Crippen molar-refractivity contribution in [2.75, 3.05) is 5.75 Å². The Bertz CT molecular complexity index is 1070. The van der Waals surface area contributed by atoms with Gasteiger partial charge >= 0.3 is 0 Å². The molecule has 1 aliphatic rings. The molecule has 0 radical (unpaired) electrons. The summed E-state index contributed by atoms with van der Waals surface area (Å²) in [5, 5.41) is 1.64. The number of aromatic nitrogens is 2. The van der Waals surface area contributed by atoms with E-state index in [1.165, 1.54) is 4.88 Å². The van der Waals surface area contributed by atoms with Crippen LogP contribution in [0.2, 0.25) is 0 Å². The molecular formula is C24H30N2O2S2. The molecule has 1 unspecified atom stereocenters. The van der Waals surface area contributed by atoms with Crippen LogP contribution in [0.15, 0.2) is 40.3 Å². The maximum Gasteiger partial charge on any atom is 0.263 e. The van der Waals surface area contributed by atoms with Gasteiger partial charge in [-0.15, -0.1) is 11.3 Å². The highest BCUT2D eigenvalue weighted by atomic mass is 32.2. The quantitative estimate of drug-likeness (QED) is 0.346. The van der Waals surface area contributed by atoms with Crippen LogP contribution in [0.5, 0.6) is 0 Å². The number of fused-ring (bicyclic) bond motifs is 3. The first-order valence-electron chi connectivity index (χ1n) is 10.8. The van der Waals surface area contributed by atoms with Crippen molar-refractivity contribution in [3.63, 3.8) is 0 Å². The van der Waals surface area contributed by atoms with Gasteiger partial charge in [0.25, 0.3) is 5.56 Å². The highest BCUT2D eigenvalue weighted by Gasteiger charge is 2.28. The zero-order valence-corrected chi connectivity index (χ0v) is 19.8. The van der Waals surface area contributed by atoms with Gasteiger partial charge in [-0.1, -0.05) is 69.8 Å². The van der Waals surface area contributed by atoms with E-state index in [4.69, 9.17) is 9.72 Å². The monoisotopic (exact) mass is 442 g/mol. The van der Waals surface area contributed by atoms with Crippen LogP contribution in [-0.2, 0) is 24.3 Å². The van der Waals surface area contributed by atoms with E-state index in [2.05, 4.69) is 39.8 Å². The fourth-order valence-corrected chi connectivity index (χ4v) is 6.17. The van der Waals surface area contributed by atoms with Gasteiger partial charge in [0.2, 0.25) is 0 Å². The van der Waals surface area contributed by atoms with Crippen molar-refractivity contribution in [1.82, 2.24) is 9.55 Å². The number of nitrogens with zero attached hydrogens (tertiary/aromatic N) is 2. The molecule has 3 aromatic rings. The minimum atomic E-state index is 0.0952. The Labute approximate surface area is 186 Å². The Morgan fingerprint density at radius 2 is 2.00 bits per heavy atom. The second kappa shape index (κ2) is 9.25. The lowest BCUT2D eigenvalue weighted by Crippen LogP contribution is -2.28. The largest absolute Gasteiger partial charge is 0.372 e. The van der Waals surface area contributed by atoms with Crippen LogP contribution in [0.3, 0.4) is 0 Å². The van der Waals surface area contributed by atoms with Crippen molar-refractivity contribution in [3.8, 4) is 0 Å². The standard InChI is InChI=1S/C24H30N2O2S2/c1-15(2)10-11-29-24-25-22-21(18-12-19(16(3)4)28-14-20(18)30-22)23(27)26(24)13-17-8-6-5-7-9-17/h5-9,15-16,19H,10-14H2,1-4H3. The molecule has 6 heteroatoms. The first-order chi connectivity index (χ1) is 14.4. The number of thioether (sulfide) groups is 1. The van der Waals surface area contributed by atoms with Crippen molar-refractivity contribution in [2.45, 2.75) is 64.9 Å². The molecule has 1 aliphatic heterocycles. The molecule has 1 aromatic carbocycles. The lowest BCUT2D eigenvalue weighted by atomic mass is 9.96. The molecule has 0 N–H and O–H groups in total. The van der Waals surface area contributed by atoms with Gasteiger partial charge in [0.05, 0.1) is 24.6 Å². The molecule has 0 aliphatic carbocycles. The highest BCUT2D eigenvalue weighted by molar-refractivity contribution is 7.99. The molecule has 0 saturated heterocycles. The molecule has 0 bridgehead atoms. The number of hydrogen-bond donors (Lipinski definition) is 0. The van der Waals surface area contributed by atoms with Gasteiger partial charge in [0.15, 0.2) is 5.16 Å². The van der Waals surface area contributed by atoms with Crippen LogP contribution < -0.4 is 5.56 Å². The molecule has 160 valence electrons. The third-order valence-corrected chi connectivity index (χ3v) is 7.76. The van der Waals surface area contributed by atoms with Crippen LogP contribution in [0.25, 0.3) is 10.2 Å². The summed E-state index contributed by atoms with van der Waals surface area (Å²) in [5.41, 5.74) is 2.38. The maximum atomic E-state index is 13.7. The second-order valence-electron chi connectivity index (χ2n) is 8.78. The smallest absolute Gasteiger partial charge is 0.263 e. The summed E-state index contributed by atoms with van der Waals surface area (Å²) in [5.74, 6) is 2.03. The summed E-state index contributed by atoms with van der Waals surface area (Å²) >= 11 is 3.34. The van der Waals surface area contributed by atoms with Crippen LogP contribution in [0.1, 0.15) is 50.1 Å². The van der Waals surface area contributed by atoms with Gasteiger partial charge < -0.3 is 4.74 Å². The molecular weight excluding hydrogens is 412 g/mol. The van der Waals surface area contributed by atoms with Gasteiger partial charge in [-0.05, 0) is 29.4 Å². The number of rotatable bonds is 7. The van der Waals surface area contributed by atoms with Crippen molar-refractivity contribution < 1.29 is 4.74 Å². The van der Waals surface area contributed by atoms with Crippen molar-refractivity contribution >= 4 is 33.3 Å². The van der Waals surface area contributed by atoms with Crippen molar-refractivity contribution in [3.05, 3.63) is 56.7 Å². The lowest BCUT2D eigenvalue weighted by Gasteiger charge is -2.26. The van der Waals surface area contributed by atoms with E-state index in [0.29, 0.717) is 25.0 Å². The second-order valence-corrected chi connectivity index (χ2v) is 10.9. The fraction of sp³-hybridized carbons (Fsp3) is 0.500. The average molecular weight is 443 g/mol. The average Bonchev–Trinajstić information content (AvgIpc) is 3.08. The summed E-state index contributed by atoms with van der Waals surface area (Å²) in [6.07, 6.45) is 2.07. The van der Waals surface area contributed by atoms with Crippen LogP contribution in [0.4, 0.5) is 0 Å². The molecule has 1 atom stereocenters. The normalized spacial score (nSPS) is 16.5. The number of thiophene rings is 1. The van der Waals surface area contributed by atoms with Gasteiger partial charge in [0, 0.05) is 17.1 Å². The van der Waals surface area contributed by atoms with Crippen LogP contribution in [-0.4, -0.2) is 21.4 Å². The third-order valence-electron chi connectivity index (χ3n) is 5.65. The molecule has 2 aromatic heterocycles. The van der Waals surface area contributed by atoms with Crippen molar-refractivity contribution in [1.29, 1.82) is 0 Å². The molecule has 0 spiro atoms. The van der Waals surface area contributed by atoms with Gasteiger partial charge in [-0.2, -0.15) is 0 Å². The first-order valence-corrected chi connectivity index (χ1v) is 12.6. The Morgan fingerprint density at radius 1 is 1.23 bits per heavy atom. The minimum Gasteiger partial charge on any atom is -0.372 e. The Morgan fingerprint density at radius 3 is 2.70 bits per heavy atom. The maximum absolute atomic E-state index is 13.7. The lowest BCUT2D eigenvalue weighted by molar-refractivity contribution is 0.00200. The molecule has 0 saturated carbocycles. The third kappa shape index (κ3) is 4.51. The number of ether oxygens (including phenoxy) is 1. The van der Waals surface area contributed by atoms with Gasteiger partial charge in [-0.25, -0.2) is 4.98 Å². The molecule has 3 heterocycles. The predicted octanol–water partition coefficient (Wildman–Crippen LogP) is 5.74. The van der Waals surface area contributed by atoms with Crippen molar-refractivity contribution in [2.24, 2.45) is 11.8 Å². The number of hydrogen-bond acceptors (Lipinski definition) is 5. The fourth-order valence-electron chi connectivity index (χ4n) is 3.77. The van der Waals surface area contributed by atoms with E-state index in [1.54, 1.807) is 23.1 Å². The molecule has 0 amide bonds.